The van der Waals surface area contributed by atoms with E-state index in [0.29, 0.717) is 17.0 Å². The lowest BCUT2D eigenvalue weighted by atomic mass is 10.2. The number of amides is 1. The highest BCUT2D eigenvalue weighted by Crippen LogP contribution is 2.25. The Morgan fingerprint density at radius 2 is 2.14 bits per heavy atom. The summed E-state index contributed by atoms with van der Waals surface area (Å²) in [6.45, 7) is 1.03. The number of nitrogens with one attached hydrogen (secondary N) is 1. The molecule has 6 nitrogen and oxygen atoms in total. The van der Waals surface area contributed by atoms with E-state index in [2.05, 4.69) is 17.2 Å². The lowest BCUT2D eigenvalue weighted by molar-refractivity contribution is -0.115. The Labute approximate surface area is 124 Å². The van der Waals surface area contributed by atoms with Crippen LogP contribution in [-0.4, -0.2) is 44.7 Å². The van der Waals surface area contributed by atoms with Crippen molar-refractivity contribution in [2.45, 2.75) is 12.2 Å². The zero-order valence-electron chi connectivity index (χ0n) is 12.0. The van der Waals surface area contributed by atoms with Crippen LogP contribution in [0.2, 0.25) is 0 Å². The van der Waals surface area contributed by atoms with Gasteiger partial charge < -0.3 is 15.2 Å². The predicted molar refractivity (Wildman–Crippen MR) is 79.9 cm³/mol. The van der Waals surface area contributed by atoms with Crippen LogP contribution >= 0.6 is 0 Å². The SMILES string of the molecule is COc1ccc(C#CCO)cc1NC(=O)C(C)S(C)(=O)=O. The molecule has 2 N–H and O–H groups in total. The maximum atomic E-state index is 11.9. The molecular formula is C14H17NO5S. The summed E-state index contributed by atoms with van der Waals surface area (Å²) in [5, 5.41) is 10.0. The lowest BCUT2D eigenvalue weighted by Gasteiger charge is -2.13. The number of hydrogen-bond donors (Lipinski definition) is 2. The van der Waals surface area contributed by atoms with E-state index in [9.17, 15) is 13.2 Å². The molecular weight excluding hydrogens is 294 g/mol. The summed E-state index contributed by atoms with van der Waals surface area (Å²) >= 11 is 0. The first-order chi connectivity index (χ1) is 9.79. The monoisotopic (exact) mass is 311 g/mol. The first-order valence-electron chi connectivity index (χ1n) is 6.07. The molecule has 1 unspecified atom stereocenters. The van der Waals surface area contributed by atoms with Gasteiger partial charge in [0.05, 0.1) is 12.8 Å². The van der Waals surface area contributed by atoms with Gasteiger partial charge in [0.15, 0.2) is 9.84 Å². The first kappa shape index (κ1) is 17.0. The molecule has 1 rings (SSSR count). The number of carbonyl (C=O) groups excluding carboxylic acids is 1. The second-order valence-electron chi connectivity index (χ2n) is 4.34. The third-order valence-corrected chi connectivity index (χ3v) is 4.28. The van der Waals surface area contributed by atoms with E-state index < -0.39 is 21.0 Å². The van der Waals surface area contributed by atoms with E-state index in [0.717, 1.165) is 6.26 Å². The number of benzene rings is 1. The van der Waals surface area contributed by atoms with Crippen molar-refractivity contribution in [1.82, 2.24) is 0 Å². The second kappa shape index (κ2) is 7.11. The fraction of sp³-hybridized carbons (Fsp3) is 0.357. The smallest absolute Gasteiger partial charge is 0.242 e. The molecule has 1 amide bonds. The van der Waals surface area contributed by atoms with Crippen molar-refractivity contribution in [2.24, 2.45) is 0 Å². The van der Waals surface area contributed by atoms with Crippen LogP contribution in [0, 0.1) is 11.8 Å². The third-order valence-electron chi connectivity index (χ3n) is 2.78. The zero-order chi connectivity index (χ0) is 16.0. The molecule has 0 aliphatic heterocycles. The molecule has 0 saturated carbocycles. The highest BCUT2D eigenvalue weighted by Gasteiger charge is 2.24. The largest absolute Gasteiger partial charge is 0.495 e. The Morgan fingerprint density at radius 1 is 1.48 bits per heavy atom. The minimum atomic E-state index is -3.48. The number of methoxy groups -OCH3 is 1. The van der Waals surface area contributed by atoms with Crippen molar-refractivity contribution in [3.8, 4) is 17.6 Å². The summed E-state index contributed by atoms with van der Waals surface area (Å²) in [6, 6.07) is 4.81. The number of rotatable bonds is 4. The van der Waals surface area contributed by atoms with E-state index in [-0.39, 0.29) is 6.61 Å². The normalized spacial score (nSPS) is 12.0. The van der Waals surface area contributed by atoms with E-state index in [4.69, 9.17) is 9.84 Å². The summed E-state index contributed by atoms with van der Waals surface area (Å²) in [4.78, 5) is 11.9. The lowest BCUT2D eigenvalue weighted by Crippen LogP contribution is -2.31. The quantitative estimate of drug-likeness (QED) is 0.786. The molecule has 1 aromatic rings. The topological polar surface area (TPSA) is 92.7 Å². The number of aliphatic hydroxyl groups is 1. The average Bonchev–Trinajstić information content (AvgIpc) is 2.43. The van der Waals surface area contributed by atoms with Crippen molar-refractivity contribution >= 4 is 21.4 Å². The van der Waals surface area contributed by atoms with Gasteiger partial charge in [0.25, 0.3) is 0 Å². The second-order valence-corrected chi connectivity index (χ2v) is 6.70. The Morgan fingerprint density at radius 3 is 2.67 bits per heavy atom. The fourth-order valence-electron chi connectivity index (χ4n) is 1.45. The van der Waals surface area contributed by atoms with E-state index in [1.807, 2.05) is 0 Å². The maximum Gasteiger partial charge on any atom is 0.242 e. The van der Waals surface area contributed by atoms with Crippen LogP contribution in [0.5, 0.6) is 5.75 Å². The number of aliphatic hydroxyl groups excluding tert-OH is 1. The van der Waals surface area contributed by atoms with Gasteiger partial charge in [-0.05, 0) is 25.1 Å². The highest BCUT2D eigenvalue weighted by molar-refractivity contribution is 7.92. The molecule has 0 aromatic heterocycles. The van der Waals surface area contributed by atoms with Crippen molar-refractivity contribution in [1.29, 1.82) is 0 Å². The van der Waals surface area contributed by atoms with E-state index in [1.165, 1.54) is 14.0 Å². The summed E-state index contributed by atoms with van der Waals surface area (Å²) in [5.74, 6) is 4.92. The number of carbonyl (C=O) groups is 1. The van der Waals surface area contributed by atoms with Gasteiger partial charge in [-0.1, -0.05) is 11.8 Å². The van der Waals surface area contributed by atoms with Gasteiger partial charge in [0, 0.05) is 11.8 Å². The van der Waals surface area contributed by atoms with Gasteiger partial charge in [-0.2, -0.15) is 0 Å². The van der Waals surface area contributed by atoms with Crippen molar-refractivity contribution in [2.75, 3.05) is 25.3 Å². The highest BCUT2D eigenvalue weighted by atomic mass is 32.2. The van der Waals surface area contributed by atoms with Crippen LogP contribution in [0.4, 0.5) is 5.69 Å². The van der Waals surface area contributed by atoms with Crippen molar-refractivity contribution in [3.63, 3.8) is 0 Å². The van der Waals surface area contributed by atoms with E-state index >= 15 is 0 Å². The minimum Gasteiger partial charge on any atom is -0.495 e. The molecule has 7 heteroatoms. The summed E-state index contributed by atoms with van der Waals surface area (Å²) in [6.07, 6.45) is 0.998. The predicted octanol–water partition coefficient (Wildman–Crippen LogP) is 0.411. The van der Waals surface area contributed by atoms with Gasteiger partial charge in [0.1, 0.15) is 17.6 Å². The molecule has 0 aliphatic rings. The minimum absolute atomic E-state index is 0.279. The van der Waals surface area contributed by atoms with E-state index in [1.54, 1.807) is 18.2 Å². The van der Waals surface area contributed by atoms with Crippen molar-refractivity contribution < 1.29 is 23.1 Å². The standard InChI is InChI=1S/C14H17NO5S/c1-10(21(3,18)19)14(17)15-12-9-11(5-4-8-16)6-7-13(12)20-2/h6-7,9-10,16H,8H2,1-3H3,(H,15,17). The Bertz CT molecular complexity index is 685. The average molecular weight is 311 g/mol. The van der Waals surface area contributed by atoms with Gasteiger partial charge in [0.2, 0.25) is 5.91 Å². The molecule has 0 fully saturated rings. The number of sulfone groups is 1. The summed E-state index contributed by atoms with van der Waals surface area (Å²) in [7, 11) is -2.05. The van der Waals surface area contributed by atoms with Crippen molar-refractivity contribution in [3.05, 3.63) is 23.8 Å². The molecule has 0 bridgehead atoms. The Kier molecular flexibility index (Phi) is 5.76. The molecule has 0 radical (unpaired) electrons. The van der Waals surface area contributed by atoms with Gasteiger partial charge in [-0.15, -0.1) is 0 Å². The summed E-state index contributed by atoms with van der Waals surface area (Å²) < 4.78 is 27.9. The fourth-order valence-corrected chi connectivity index (χ4v) is 1.90. The molecule has 1 aromatic carbocycles. The molecule has 0 spiro atoms. The Balaban J connectivity index is 3.08. The molecule has 114 valence electrons. The van der Waals surface area contributed by atoms with Crippen LogP contribution in [0.1, 0.15) is 12.5 Å². The van der Waals surface area contributed by atoms with Crippen LogP contribution in [0.15, 0.2) is 18.2 Å². The molecule has 21 heavy (non-hydrogen) atoms. The first-order valence-corrected chi connectivity index (χ1v) is 8.02. The molecule has 0 saturated heterocycles. The van der Waals surface area contributed by atoms with Crippen LogP contribution in [0.3, 0.4) is 0 Å². The maximum absolute atomic E-state index is 11.9. The number of hydrogen-bond acceptors (Lipinski definition) is 5. The van der Waals surface area contributed by atoms with Crippen LogP contribution in [0.25, 0.3) is 0 Å². The number of anilines is 1. The Hall–Kier alpha value is -2.04. The zero-order valence-corrected chi connectivity index (χ0v) is 12.8. The van der Waals surface area contributed by atoms with Crippen LogP contribution < -0.4 is 10.1 Å². The van der Waals surface area contributed by atoms with Gasteiger partial charge >= 0.3 is 0 Å². The van der Waals surface area contributed by atoms with Crippen LogP contribution in [-0.2, 0) is 14.6 Å². The number of ether oxygens (including phenoxy) is 1. The molecule has 0 heterocycles. The molecule has 1 atom stereocenters. The summed E-state index contributed by atoms with van der Waals surface area (Å²) in [5.41, 5.74) is 0.884. The third kappa shape index (κ3) is 4.77. The van der Waals surface area contributed by atoms with Gasteiger partial charge in [-0.3, -0.25) is 4.79 Å². The van der Waals surface area contributed by atoms with Gasteiger partial charge in [-0.25, -0.2) is 8.42 Å². The molecule has 0 aliphatic carbocycles.